The Kier molecular flexibility index (Phi) is 5.93. The normalized spacial score (nSPS) is 10.8. The Morgan fingerprint density at radius 3 is 2.24 bits per heavy atom. The lowest BCUT2D eigenvalue weighted by molar-refractivity contribution is 0.781. The number of aryl methyl sites for hydroxylation is 2. The van der Waals surface area contributed by atoms with Crippen LogP contribution in [0, 0.1) is 0 Å². The standard InChI is InChI=1S/C24H18BrClN2O/c25-20-10-14-22(15-11-20)28-24(29)19(9-6-17-7-12-21(26)13-8-17)16-23(27-28)18-4-2-1-3-5-18/h1-5,7-8,10-16H,6,9H2. The summed E-state index contributed by atoms with van der Waals surface area (Å²) in [7, 11) is 0. The van der Waals surface area contributed by atoms with Gasteiger partial charge in [0.1, 0.15) is 0 Å². The van der Waals surface area contributed by atoms with Gasteiger partial charge in [-0.1, -0.05) is 70.0 Å². The molecule has 0 radical (unpaired) electrons. The monoisotopic (exact) mass is 464 g/mol. The van der Waals surface area contributed by atoms with Crippen molar-refractivity contribution in [3.63, 3.8) is 0 Å². The first-order valence-electron chi connectivity index (χ1n) is 9.29. The molecule has 1 aromatic heterocycles. The Bertz CT molecular complexity index is 1170. The molecule has 0 fully saturated rings. The van der Waals surface area contributed by atoms with E-state index < -0.39 is 0 Å². The number of halogens is 2. The summed E-state index contributed by atoms with van der Waals surface area (Å²) in [4.78, 5) is 13.2. The third-order valence-electron chi connectivity index (χ3n) is 4.72. The molecular weight excluding hydrogens is 448 g/mol. The van der Waals surface area contributed by atoms with Gasteiger partial charge in [-0.05, 0) is 60.9 Å². The second-order valence-electron chi connectivity index (χ2n) is 6.74. The summed E-state index contributed by atoms with van der Waals surface area (Å²) >= 11 is 9.42. The molecule has 0 atom stereocenters. The Morgan fingerprint density at radius 2 is 1.55 bits per heavy atom. The van der Waals surface area contributed by atoms with Crippen molar-refractivity contribution in [2.24, 2.45) is 0 Å². The molecule has 0 amide bonds. The zero-order chi connectivity index (χ0) is 20.2. The third-order valence-corrected chi connectivity index (χ3v) is 5.50. The minimum atomic E-state index is -0.0963. The molecule has 5 heteroatoms. The first-order chi connectivity index (χ1) is 14.1. The molecule has 0 aliphatic rings. The van der Waals surface area contributed by atoms with Crippen LogP contribution in [0.3, 0.4) is 0 Å². The predicted octanol–water partition coefficient (Wildman–Crippen LogP) is 6.10. The fourth-order valence-electron chi connectivity index (χ4n) is 3.16. The van der Waals surface area contributed by atoms with Gasteiger partial charge in [0.25, 0.3) is 5.56 Å². The zero-order valence-corrected chi connectivity index (χ0v) is 17.9. The van der Waals surface area contributed by atoms with E-state index in [1.165, 1.54) is 4.68 Å². The third kappa shape index (κ3) is 4.66. The zero-order valence-electron chi connectivity index (χ0n) is 15.6. The lowest BCUT2D eigenvalue weighted by Crippen LogP contribution is -2.25. The molecule has 0 spiro atoms. The van der Waals surface area contributed by atoms with Gasteiger partial charge < -0.3 is 0 Å². The molecule has 4 aromatic rings. The molecule has 3 nitrogen and oxygen atoms in total. The Morgan fingerprint density at radius 1 is 0.862 bits per heavy atom. The highest BCUT2D eigenvalue weighted by Gasteiger charge is 2.12. The summed E-state index contributed by atoms with van der Waals surface area (Å²) in [6, 6.07) is 27.1. The fraction of sp³-hybridized carbons (Fsp3) is 0.0833. The van der Waals surface area contributed by atoms with E-state index in [4.69, 9.17) is 11.6 Å². The van der Waals surface area contributed by atoms with Gasteiger partial charge in [-0.3, -0.25) is 4.79 Å². The molecule has 0 saturated heterocycles. The smallest absolute Gasteiger partial charge is 0.267 e. The van der Waals surface area contributed by atoms with Crippen molar-refractivity contribution in [1.82, 2.24) is 9.78 Å². The second-order valence-corrected chi connectivity index (χ2v) is 8.09. The summed E-state index contributed by atoms with van der Waals surface area (Å²) < 4.78 is 2.45. The maximum Gasteiger partial charge on any atom is 0.274 e. The van der Waals surface area contributed by atoms with Crippen LogP contribution in [0.25, 0.3) is 16.9 Å². The largest absolute Gasteiger partial charge is 0.274 e. The SMILES string of the molecule is O=c1c(CCc2ccc(Cl)cc2)cc(-c2ccccc2)nn1-c1ccc(Br)cc1. The van der Waals surface area contributed by atoms with Crippen LogP contribution < -0.4 is 5.56 Å². The number of nitrogens with zero attached hydrogens (tertiary/aromatic N) is 2. The highest BCUT2D eigenvalue weighted by Crippen LogP contribution is 2.19. The number of rotatable bonds is 5. The van der Waals surface area contributed by atoms with Gasteiger partial charge in [-0.2, -0.15) is 9.78 Å². The first kappa shape index (κ1) is 19.6. The fourth-order valence-corrected chi connectivity index (χ4v) is 3.55. The maximum atomic E-state index is 13.2. The van der Waals surface area contributed by atoms with Crippen molar-refractivity contribution in [3.05, 3.63) is 116 Å². The van der Waals surface area contributed by atoms with Crippen LogP contribution in [-0.4, -0.2) is 9.78 Å². The topological polar surface area (TPSA) is 34.9 Å². The van der Waals surface area contributed by atoms with Crippen LogP contribution in [0.15, 0.2) is 94.2 Å². The first-order valence-corrected chi connectivity index (χ1v) is 10.5. The number of hydrogen-bond donors (Lipinski definition) is 0. The molecular formula is C24H18BrClN2O. The Labute approximate surface area is 182 Å². The van der Waals surface area contributed by atoms with Crippen LogP contribution in [0.1, 0.15) is 11.1 Å². The predicted molar refractivity (Wildman–Crippen MR) is 122 cm³/mol. The summed E-state index contributed by atoms with van der Waals surface area (Å²) in [5.41, 5.74) is 4.27. The molecule has 3 aromatic carbocycles. The minimum absolute atomic E-state index is 0.0963. The number of benzene rings is 3. The van der Waals surface area contributed by atoms with Crippen molar-refractivity contribution >= 4 is 27.5 Å². The summed E-state index contributed by atoms with van der Waals surface area (Å²) in [5, 5.41) is 5.35. The molecule has 4 rings (SSSR count). The molecule has 0 bridgehead atoms. The van der Waals surface area contributed by atoms with Crippen molar-refractivity contribution in [2.75, 3.05) is 0 Å². The van der Waals surface area contributed by atoms with Gasteiger partial charge in [0.15, 0.2) is 0 Å². The van der Waals surface area contributed by atoms with E-state index in [0.717, 1.165) is 39.0 Å². The molecule has 0 N–H and O–H groups in total. The van der Waals surface area contributed by atoms with Crippen LogP contribution in [0.5, 0.6) is 0 Å². The van der Waals surface area contributed by atoms with Gasteiger partial charge >= 0.3 is 0 Å². The van der Waals surface area contributed by atoms with E-state index in [9.17, 15) is 4.79 Å². The highest BCUT2D eigenvalue weighted by atomic mass is 79.9. The van der Waals surface area contributed by atoms with Crippen LogP contribution in [-0.2, 0) is 12.8 Å². The summed E-state index contributed by atoms with van der Waals surface area (Å²) in [6.07, 6.45) is 1.38. The van der Waals surface area contributed by atoms with Gasteiger partial charge in [0, 0.05) is 20.6 Å². The number of aromatic nitrogens is 2. The number of hydrogen-bond acceptors (Lipinski definition) is 2. The molecule has 0 unspecified atom stereocenters. The van der Waals surface area contributed by atoms with E-state index in [0.29, 0.717) is 11.4 Å². The molecule has 0 aliphatic heterocycles. The van der Waals surface area contributed by atoms with E-state index in [2.05, 4.69) is 21.0 Å². The molecule has 29 heavy (non-hydrogen) atoms. The van der Waals surface area contributed by atoms with E-state index in [-0.39, 0.29) is 5.56 Å². The second kappa shape index (κ2) is 8.76. The van der Waals surface area contributed by atoms with Crippen molar-refractivity contribution in [2.45, 2.75) is 12.8 Å². The van der Waals surface area contributed by atoms with Gasteiger partial charge in [-0.25, -0.2) is 0 Å². The van der Waals surface area contributed by atoms with Crippen molar-refractivity contribution in [3.8, 4) is 16.9 Å². The van der Waals surface area contributed by atoms with Gasteiger partial charge in [-0.15, -0.1) is 0 Å². The average Bonchev–Trinajstić information content (AvgIpc) is 2.75. The maximum absolute atomic E-state index is 13.2. The quantitative estimate of drug-likeness (QED) is 0.357. The van der Waals surface area contributed by atoms with Gasteiger partial charge in [0.2, 0.25) is 0 Å². The van der Waals surface area contributed by atoms with E-state index in [1.54, 1.807) is 0 Å². The molecule has 144 valence electrons. The van der Waals surface area contributed by atoms with Crippen molar-refractivity contribution < 1.29 is 0 Å². The highest BCUT2D eigenvalue weighted by molar-refractivity contribution is 9.10. The lowest BCUT2D eigenvalue weighted by Gasteiger charge is -2.11. The minimum Gasteiger partial charge on any atom is -0.267 e. The Hall–Kier alpha value is -2.69. The molecule has 1 heterocycles. The summed E-state index contributed by atoms with van der Waals surface area (Å²) in [6.45, 7) is 0. The van der Waals surface area contributed by atoms with E-state index >= 15 is 0 Å². The van der Waals surface area contributed by atoms with Gasteiger partial charge in [0.05, 0.1) is 11.4 Å². The summed E-state index contributed by atoms with van der Waals surface area (Å²) in [5.74, 6) is 0. The molecule has 0 aliphatic carbocycles. The van der Waals surface area contributed by atoms with Crippen LogP contribution in [0.4, 0.5) is 0 Å². The van der Waals surface area contributed by atoms with Crippen LogP contribution in [0.2, 0.25) is 5.02 Å². The van der Waals surface area contributed by atoms with Crippen molar-refractivity contribution in [1.29, 1.82) is 0 Å². The van der Waals surface area contributed by atoms with Crippen LogP contribution >= 0.6 is 27.5 Å². The lowest BCUT2D eigenvalue weighted by atomic mass is 10.0. The Balaban J connectivity index is 1.76. The van der Waals surface area contributed by atoms with E-state index in [1.807, 2.05) is 84.9 Å². The average molecular weight is 466 g/mol. The molecule has 0 saturated carbocycles.